The molecule has 0 aliphatic heterocycles. The van der Waals surface area contributed by atoms with Crippen LogP contribution in [0.2, 0.25) is 5.02 Å². The summed E-state index contributed by atoms with van der Waals surface area (Å²) < 4.78 is 38.7. The lowest BCUT2D eigenvalue weighted by atomic mass is 10.2. The molecule has 94 valence electrons. The summed E-state index contributed by atoms with van der Waals surface area (Å²) >= 11 is 5.87. The summed E-state index contributed by atoms with van der Waals surface area (Å²) in [4.78, 5) is 3.85. The van der Waals surface area contributed by atoms with Crippen LogP contribution in [0, 0.1) is 17.5 Å². The van der Waals surface area contributed by atoms with Crippen molar-refractivity contribution in [3.05, 3.63) is 58.6 Å². The Kier molecular flexibility index (Phi) is 3.72. The van der Waals surface area contributed by atoms with Gasteiger partial charge >= 0.3 is 0 Å². The van der Waals surface area contributed by atoms with Crippen LogP contribution in [0.4, 0.5) is 18.9 Å². The van der Waals surface area contributed by atoms with E-state index in [0.29, 0.717) is 10.7 Å². The Morgan fingerprint density at radius 2 is 1.83 bits per heavy atom. The van der Waals surface area contributed by atoms with Gasteiger partial charge in [-0.15, -0.1) is 0 Å². The van der Waals surface area contributed by atoms with Crippen LogP contribution in [0.1, 0.15) is 5.56 Å². The van der Waals surface area contributed by atoms with Crippen LogP contribution in [-0.4, -0.2) is 4.98 Å². The number of pyridine rings is 1. The van der Waals surface area contributed by atoms with Crippen LogP contribution in [0.5, 0.6) is 0 Å². The van der Waals surface area contributed by atoms with Gasteiger partial charge in [-0.05, 0) is 23.8 Å². The van der Waals surface area contributed by atoms with E-state index in [-0.39, 0.29) is 12.1 Å². The van der Waals surface area contributed by atoms with E-state index in [1.165, 1.54) is 12.4 Å². The summed E-state index contributed by atoms with van der Waals surface area (Å²) in [6.45, 7) is 0.111. The van der Waals surface area contributed by atoms with E-state index in [2.05, 4.69) is 10.3 Å². The van der Waals surface area contributed by atoms with Crippen molar-refractivity contribution in [2.24, 2.45) is 0 Å². The second kappa shape index (κ2) is 5.27. The highest BCUT2D eigenvalue weighted by Crippen LogP contribution is 2.20. The van der Waals surface area contributed by atoms with E-state index in [4.69, 9.17) is 11.6 Å². The van der Waals surface area contributed by atoms with Crippen molar-refractivity contribution < 1.29 is 13.2 Å². The molecule has 0 spiro atoms. The van der Waals surface area contributed by atoms with E-state index in [1.54, 1.807) is 6.07 Å². The first-order valence-electron chi connectivity index (χ1n) is 5.04. The molecule has 0 unspecified atom stereocenters. The number of hydrogen-bond acceptors (Lipinski definition) is 2. The summed E-state index contributed by atoms with van der Waals surface area (Å²) in [6, 6.07) is 3.43. The first kappa shape index (κ1) is 12.7. The van der Waals surface area contributed by atoms with Crippen molar-refractivity contribution >= 4 is 17.3 Å². The molecular weight excluding hydrogens is 265 g/mol. The van der Waals surface area contributed by atoms with Crippen LogP contribution >= 0.6 is 11.6 Å². The quantitative estimate of drug-likeness (QED) is 0.861. The SMILES string of the molecule is Fc1cc(CNc2cnccc2Cl)cc(F)c1F. The average Bonchev–Trinajstić information content (AvgIpc) is 2.35. The van der Waals surface area contributed by atoms with Crippen molar-refractivity contribution in [3.63, 3.8) is 0 Å². The highest BCUT2D eigenvalue weighted by atomic mass is 35.5. The van der Waals surface area contributed by atoms with E-state index < -0.39 is 17.5 Å². The Labute approximate surface area is 106 Å². The second-order valence-electron chi connectivity index (χ2n) is 3.58. The van der Waals surface area contributed by atoms with Gasteiger partial charge in [0.1, 0.15) is 0 Å². The maximum absolute atomic E-state index is 13.0. The monoisotopic (exact) mass is 272 g/mol. The van der Waals surface area contributed by atoms with Gasteiger partial charge in [0.2, 0.25) is 0 Å². The minimum Gasteiger partial charge on any atom is -0.379 e. The van der Waals surface area contributed by atoms with Crippen LogP contribution in [0.15, 0.2) is 30.6 Å². The van der Waals surface area contributed by atoms with Gasteiger partial charge in [0.25, 0.3) is 0 Å². The highest BCUT2D eigenvalue weighted by molar-refractivity contribution is 6.33. The molecule has 6 heteroatoms. The smallest absolute Gasteiger partial charge is 0.194 e. The van der Waals surface area contributed by atoms with Crippen molar-refractivity contribution in [2.75, 3.05) is 5.32 Å². The Morgan fingerprint density at radius 1 is 1.17 bits per heavy atom. The summed E-state index contributed by atoms with van der Waals surface area (Å²) in [7, 11) is 0. The third-order valence-electron chi connectivity index (χ3n) is 2.29. The summed E-state index contributed by atoms with van der Waals surface area (Å²) in [5.74, 6) is -3.91. The van der Waals surface area contributed by atoms with Gasteiger partial charge < -0.3 is 5.32 Å². The fraction of sp³-hybridized carbons (Fsp3) is 0.0833. The molecule has 0 saturated heterocycles. The maximum Gasteiger partial charge on any atom is 0.194 e. The number of benzene rings is 1. The Balaban J connectivity index is 2.14. The zero-order chi connectivity index (χ0) is 13.1. The molecular formula is C12H8ClF3N2. The zero-order valence-corrected chi connectivity index (χ0v) is 9.81. The van der Waals surface area contributed by atoms with Gasteiger partial charge in [-0.2, -0.15) is 0 Å². The molecule has 1 N–H and O–H groups in total. The second-order valence-corrected chi connectivity index (χ2v) is 3.99. The number of hydrogen-bond donors (Lipinski definition) is 1. The minimum atomic E-state index is -1.47. The molecule has 0 radical (unpaired) electrons. The van der Waals surface area contributed by atoms with Gasteiger partial charge in [0.05, 0.1) is 16.9 Å². The van der Waals surface area contributed by atoms with E-state index in [1.807, 2.05) is 0 Å². The number of rotatable bonds is 3. The molecule has 18 heavy (non-hydrogen) atoms. The van der Waals surface area contributed by atoms with Gasteiger partial charge in [0.15, 0.2) is 17.5 Å². The minimum absolute atomic E-state index is 0.111. The van der Waals surface area contributed by atoms with Crippen molar-refractivity contribution in [2.45, 2.75) is 6.54 Å². The fourth-order valence-corrected chi connectivity index (χ4v) is 1.59. The topological polar surface area (TPSA) is 24.9 Å². The Morgan fingerprint density at radius 3 is 2.44 bits per heavy atom. The molecule has 2 rings (SSSR count). The summed E-state index contributed by atoms with van der Waals surface area (Å²) in [5, 5.41) is 3.29. The molecule has 0 atom stereocenters. The molecule has 0 bridgehead atoms. The zero-order valence-electron chi connectivity index (χ0n) is 9.05. The van der Waals surface area contributed by atoms with Gasteiger partial charge in [-0.3, -0.25) is 4.98 Å². The lowest BCUT2D eigenvalue weighted by molar-refractivity contribution is 0.445. The van der Waals surface area contributed by atoms with Crippen molar-refractivity contribution in [1.82, 2.24) is 4.98 Å². The summed E-state index contributed by atoms with van der Waals surface area (Å²) in [5.41, 5.74) is 0.802. The molecule has 2 aromatic rings. The average molecular weight is 273 g/mol. The Hall–Kier alpha value is -1.75. The molecule has 2 nitrogen and oxygen atoms in total. The normalized spacial score (nSPS) is 10.4. The van der Waals surface area contributed by atoms with E-state index in [0.717, 1.165) is 12.1 Å². The third kappa shape index (κ3) is 2.73. The number of nitrogens with one attached hydrogen (secondary N) is 1. The van der Waals surface area contributed by atoms with E-state index >= 15 is 0 Å². The molecule has 0 aliphatic rings. The van der Waals surface area contributed by atoms with Crippen LogP contribution in [-0.2, 0) is 6.54 Å². The molecule has 1 aromatic carbocycles. The number of aromatic nitrogens is 1. The highest BCUT2D eigenvalue weighted by Gasteiger charge is 2.10. The number of halogens is 4. The first-order valence-corrected chi connectivity index (χ1v) is 5.42. The predicted octanol–water partition coefficient (Wildman–Crippen LogP) is 3.76. The van der Waals surface area contributed by atoms with Gasteiger partial charge in [-0.1, -0.05) is 11.6 Å². The predicted molar refractivity (Wildman–Crippen MR) is 62.9 cm³/mol. The molecule has 0 saturated carbocycles. The lowest BCUT2D eigenvalue weighted by Crippen LogP contribution is -2.03. The number of anilines is 1. The standard InChI is InChI=1S/C12H8ClF3N2/c13-8-1-2-17-6-11(8)18-5-7-3-9(14)12(16)10(15)4-7/h1-4,6,18H,5H2. The van der Waals surface area contributed by atoms with Gasteiger partial charge in [-0.25, -0.2) is 13.2 Å². The molecule has 1 heterocycles. The molecule has 0 fully saturated rings. The van der Waals surface area contributed by atoms with Crippen molar-refractivity contribution in [3.8, 4) is 0 Å². The van der Waals surface area contributed by atoms with Crippen LogP contribution in [0.25, 0.3) is 0 Å². The lowest BCUT2D eigenvalue weighted by Gasteiger charge is -2.08. The van der Waals surface area contributed by atoms with Crippen LogP contribution in [0.3, 0.4) is 0 Å². The first-order chi connectivity index (χ1) is 8.58. The molecule has 1 aromatic heterocycles. The maximum atomic E-state index is 13.0. The Bertz CT molecular complexity index is 552. The fourth-order valence-electron chi connectivity index (χ4n) is 1.41. The molecule has 0 aliphatic carbocycles. The third-order valence-corrected chi connectivity index (χ3v) is 2.62. The van der Waals surface area contributed by atoms with Gasteiger partial charge in [0, 0.05) is 12.7 Å². The van der Waals surface area contributed by atoms with Crippen molar-refractivity contribution in [1.29, 1.82) is 0 Å². The number of nitrogens with zero attached hydrogens (tertiary/aromatic N) is 1. The molecule has 0 amide bonds. The van der Waals surface area contributed by atoms with E-state index in [9.17, 15) is 13.2 Å². The summed E-state index contributed by atoms with van der Waals surface area (Å²) in [6.07, 6.45) is 3.00. The van der Waals surface area contributed by atoms with Crippen LogP contribution < -0.4 is 5.32 Å². The largest absolute Gasteiger partial charge is 0.379 e.